The van der Waals surface area contributed by atoms with Crippen LogP contribution < -0.4 is 0 Å². The SMILES string of the molecule is CCSc1cc(C)nc(SCC)c1. The molecule has 1 aromatic heterocycles. The topological polar surface area (TPSA) is 12.9 Å². The van der Waals surface area contributed by atoms with Crippen LogP contribution in [0.25, 0.3) is 0 Å². The van der Waals surface area contributed by atoms with Crippen LogP contribution in [0.3, 0.4) is 0 Å². The molecule has 0 saturated carbocycles. The molecule has 0 atom stereocenters. The molecule has 13 heavy (non-hydrogen) atoms. The standard InChI is InChI=1S/C10H15NS2/c1-4-12-9-6-8(3)11-10(7-9)13-5-2/h6-7H,4-5H2,1-3H3. The highest BCUT2D eigenvalue weighted by atomic mass is 32.2. The molecule has 3 heteroatoms. The molecule has 0 aliphatic rings. The zero-order valence-corrected chi connectivity index (χ0v) is 9.97. The lowest BCUT2D eigenvalue weighted by molar-refractivity contribution is 1.03. The Labute approximate surface area is 88.7 Å². The summed E-state index contributed by atoms with van der Waals surface area (Å²) < 4.78 is 0. The molecule has 0 unspecified atom stereocenters. The Balaban J connectivity index is 2.83. The number of thioether (sulfide) groups is 2. The number of aryl methyl sites for hydroxylation is 1. The first kappa shape index (κ1) is 10.9. The van der Waals surface area contributed by atoms with Gasteiger partial charge in [0.25, 0.3) is 0 Å². The lowest BCUT2D eigenvalue weighted by Gasteiger charge is -2.03. The first-order chi connectivity index (χ1) is 6.26. The van der Waals surface area contributed by atoms with Crippen molar-refractivity contribution in [3.63, 3.8) is 0 Å². The van der Waals surface area contributed by atoms with E-state index in [-0.39, 0.29) is 0 Å². The summed E-state index contributed by atoms with van der Waals surface area (Å²) in [5.74, 6) is 2.21. The highest BCUT2D eigenvalue weighted by molar-refractivity contribution is 8.00. The maximum atomic E-state index is 4.46. The summed E-state index contributed by atoms with van der Waals surface area (Å²) in [7, 11) is 0. The van der Waals surface area contributed by atoms with Gasteiger partial charge in [-0.3, -0.25) is 0 Å². The molecule has 0 spiro atoms. The molecule has 0 radical (unpaired) electrons. The fraction of sp³-hybridized carbons (Fsp3) is 0.500. The summed E-state index contributed by atoms with van der Waals surface area (Å²) in [5.41, 5.74) is 1.12. The second-order valence-corrected chi connectivity index (χ2v) is 5.27. The summed E-state index contributed by atoms with van der Waals surface area (Å²) in [5, 5.41) is 1.15. The van der Waals surface area contributed by atoms with E-state index in [1.165, 1.54) is 4.90 Å². The molecule has 1 heterocycles. The van der Waals surface area contributed by atoms with Crippen molar-refractivity contribution in [3.8, 4) is 0 Å². The second kappa shape index (κ2) is 5.55. The Bertz CT molecular complexity index is 249. The minimum atomic E-state index is 1.09. The monoisotopic (exact) mass is 213 g/mol. The van der Waals surface area contributed by atoms with Crippen molar-refractivity contribution in [2.45, 2.75) is 30.7 Å². The van der Waals surface area contributed by atoms with E-state index < -0.39 is 0 Å². The fourth-order valence-electron chi connectivity index (χ4n) is 1.08. The van der Waals surface area contributed by atoms with Crippen LogP contribution in [0.2, 0.25) is 0 Å². The quantitative estimate of drug-likeness (QED) is 0.709. The van der Waals surface area contributed by atoms with Gasteiger partial charge in [-0.1, -0.05) is 13.8 Å². The molecule has 0 fully saturated rings. The Morgan fingerprint density at radius 2 is 1.85 bits per heavy atom. The minimum Gasteiger partial charge on any atom is -0.247 e. The third kappa shape index (κ3) is 3.61. The number of pyridine rings is 1. The van der Waals surface area contributed by atoms with Gasteiger partial charge in [0, 0.05) is 10.6 Å². The van der Waals surface area contributed by atoms with Gasteiger partial charge in [0.2, 0.25) is 0 Å². The van der Waals surface area contributed by atoms with Crippen LogP contribution >= 0.6 is 23.5 Å². The van der Waals surface area contributed by atoms with Gasteiger partial charge in [-0.15, -0.1) is 23.5 Å². The summed E-state index contributed by atoms with van der Waals surface area (Å²) in [6.45, 7) is 6.38. The summed E-state index contributed by atoms with van der Waals surface area (Å²) in [4.78, 5) is 5.79. The van der Waals surface area contributed by atoms with Gasteiger partial charge in [-0.2, -0.15) is 0 Å². The van der Waals surface area contributed by atoms with Gasteiger partial charge in [0.1, 0.15) is 0 Å². The first-order valence-corrected chi connectivity index (χ1v) is 6.47. The van der Waals surface area contributed by atoms with Crippen molar-refractivity contribution >= 4 is 23.5 Å². The Morgan fingerprint density at radius 3 is 2.46 bits per heavy atom. The summed E-state index contributed by atoms with van der Waals surface area (Å²) in [6.07, 6.45) is 0. The number of aromatic nitrogens is 1. The van der Waals surface area contributed by atoms with E-state index in [9.17, 15) is 0 Å². The molecule has 1 rings (SSSR count). The van der Waals surface area contributed by atoms with E-state index in [0.29, 0.717) is 0 Å². The molecule has 0 saturated heterocycles. The van der Waals surface area contributed by atoms with E-state index in [1.54, 1.807) is 11.8 Å². The van der Waals surface area contributed by atoms with E-state index in [1.807, 2.05) is 11.8 Å². The van der Waals surface area contributed by atoms with Gasteiger partial charge in [0.15, 0.2) is 0 Å². The smallest absolute Gasteiger partial charge is 0.0974 e. The Morgan fingerprint density at radius 1 is 1.15 bits per heavy atom. The third-order valence-electron chi connectivity index (χ3n) is 1.51. The molecular weight excluding hydrogens is 198 g/mol. The van der Waals surface area contributed by atoms with Crippen LogP contribution in [-0.4, -0.2) is 16.5 Å². The lowest BCUT2D eigenvalue weighted by Crippen LogP contribution is -1.86. The van der Waals surface area contributed by atoms with Crippen LogP contribution in [0, 0.1) is 6.92 Å². The molecule has 1 aromatic rings. The third-order valence-corrected chi connectivity index (χ3v) is 3.16. The average Bonchev–Trinajstić information content (AvgIpc) is 2.04. The Hall–Kier alpha value is -0.150. The molecule has 0 aliphatic heterocycles. The zero-order valence-electron chi connectivity index (χ0n) is 8.33. The van der Waals surface area contributed by atoms with Crippen LogP contribution in [0.15, 0.2) is 22.1 Å². The van der Waals surface area contributed by atoms with Gasteiger partial charge in [0.05, 0.1) is 5.03 Å². The van der Waals surface area contributed by atoms with E-state index in [2.05, 4.69) is 37.9 Å². The largest absolute Gasteiger partial charge is 0.247 e. The van der Waals surface area contributed by atoms with Gasteiger partial charge >= 0.3 is 0 Å². The molecule has 0 amide bonds. The maximum Gasteiger partial charge on any atom is 0.0974 e. The molecule has 0 aliphatic carbocycles. The molecule has 72 valence electrons. The fourth-order valence-corrected chi connectivity index (χ4v) is 2.65. The number of hydrogen-bond donors (Lipinski definition) is 0. The minimum absolute atomic E-state index is 1.09. The lowest BCUT2D eigenvalue weighted by atomic mass is 10.4. The summed E-state index contributed by atoms with van der Waals surface area (Å²) >= 11 is 3.68. The molecule has 0 bridgehead atoms. The van der Waals surface area contributed by atoms with Gasteiger partial charge in [-0.25, -0.2) is 4.98 Å². The summed E-state index contributed by atoms with van der Waals surface area (Å²) in [6, 6.07) is 4.32. The van der Waals surface area contributed by atoms with Gasteiger partial charge < -0.3 is 0 Å². The van der Waals surface area contributed by atoms with Crippen molar-refractivity contribution in [2.75, 3.05) is 11.5 Å². The van der Waals surface area contributed by atoms with Crippen molar-refractivity contribution in [2.24, 2.45) is 0 Å². The van der Waals surface area contributed by atoms with Crippen molar-refractivity contribution in [1.82, 2.24) is 4.98 Å². The van der Waals surface area contributed by atoms with Crippen molar-refractivity contribution in [3.05, 3.63) is 17.8 Å². The highest BCUT2D eigenvalue weighted by Crippen LogP contribution is 2.24. The van der Waals surface area contributed by atoms with Crippen LogP contribution in [0.1, 0.15) is 19.5 Å². The zero-order chi connectivity index (χ0) is 9.68. The van der Waals surface area contributed by atoms with Crippen LogP contribution in [0.4, 0.5) is 0 Å². The van der Waals surface area contributed by atoms with Crippen LogP contribution in [0.5, 0.6) is 0 Å². The first-order valence-electron chi connectivity index (χ1n) is 4.50. The van der Waals surface area contributed by atoms with E-state index in [4.69, 9.17) is 0 Å². The molecule has 0 aromatic carbocycles. The number of hydrogen-bond acceptors (Lipinski definition) is 3. The number of rotatable bonds is 4. The Kier molecular flexibility index (Phi) is 4.67. The van der Waals surface area contributed by atoms with Crippen molar-refractivity contribution in [1.29, 1.82) is 0 Å². The normalized spacial score (nSPS) is 10.4. The van der Waals surface area contributed by atoms with Gasteiger partial charge in [-0.05, 0) is 30.6 Å². The molecule has 1 nitrogen and oxygen atoms in total. The van der Waals surface area contributed by atoms with E-state index in [0.717, 1.165) is 22.2 Å². The van der Waals surface area contributed by atoms with E-state index >= 15 is 0 Å². The molecular formula is C10H15NS2. The highest BCUT2D eigenvalue weighted by Gasteiger charge is 1.99. The maximum absolute atomic E-state index is 4.46. The predicted molar refractivity (Wildman–Crippen MR) is 61.8 cm³/mol. The number of nitrogens with zero attached hydrogens (tertiary/aromatic N) is 1. The van der Waals surface area contributed by atoms with Crippen molar-refractivity contribution < 1.29 is 0 Å². The average molecular weight is 213 g/mol. The molecule has 0 N–H and O–H groups in total. The predicted octanol–water partition coefficient (Wildman–Crippen LogP) is 3.61. The van der Waals surface area contributed by atoms with Crippen LogP contribution in [-0.2, 0) is 0 Å². The second-order valence-electron chi connectivity index (χ2n) is 2.65.